The summed E-state index contributed by atoms with van der Waals surface area (Å²) in [6, 6.07) is 2.05. The van der Waals surface area contributed by atoms with Gasteiger partial charge in [-0.25, -0.2) is 4.98 Å². The van der Waals surface area contributed by atoms with E-state index in [0.29, 0.717) is 5.88 Å². The lowest BCUT2D eigenvalue weighted by molar-refractivity contribution is 0.390. The van der Waals surface area contributed by atoms with Crippen LogP contribution in [0.1, 0.15) is 24.8 Å². The third-order valence-corrected chi connectivity index (χ3v) is 3.30. The number of rotatable bonds is 4. The van der Waals surface area contributed by atoms with E-state index in [-0.39, 0.29) is 5.54 Å². The topological polar surface area (TPSA) is 48.1 Å². The van der Waals surface area contributed by atoms with Crippen molar-refractivity contribution in [3.8, 4) is 5.88 Å². The Morgan fingerprint density at radius 3 is 2.93 bits per heavy atom. The zero-order chi connectivity index (χ0) is 10.9. The zero-order valence-electron chi connectivity index (χ0n) is 8.79. The predicted octanol–water partition coefficient (Wildman–Crippen LogP) is 2.28. The minimum absolute atomic E-state index is 0.0906. The first kappa shape index (κ1) is 10.9. The summed E-state index contributed by atoms with van der Waals surface area (Å²) in [5.41, 5.74) is 7.27. The van der Waals surface area contributed by atoms with Gasteiger partial charge in [0.25, 0.3) is 0 Å². The van der Waals surface area contributed by atoms with E-state index in [1.54, 1.807) is 13.3 Å². The molecule has 0 radical (unpaired) electrons. The van der Waals surface area contributed by atoms with E-state index in [4.69, 9.17) is 10.5 Å². The molecule has 1 aromatic heterocycles. The van der Waals surface area contributed by atoms with Gasteiger partial charge in [0, 0.05) is 21.8 Å². The van der Waals surface area contributed by atoms with Gasteiger partial charge in [-0.05, 0) is 47.7 Å². The van der Waals surface area contributed by atoms with Crippen LogP contribution in [0.5, 0.6) is 5.88 Å². The lowest BCUT2D eigenvalue weighted by Crippen LogP contribution is -2.22. The summed E-state index contributed by atoms with van der Waals surface area (Å²) in [5, 5.41) is 0. The second kappa shape index (κ2) is 4.10. The Kier molecular flexibility index (Phi) is 2.98. The summed E-state index contributed by atoms with van der Waals surface area (Å²) in [6.45, 7) is 0. The van der Waals surface area contributed by atoms with Gasteiger partial charge >= 0.3 is 0 Å². The molecule has 0 atom stereocenters. The first-order valence-corrected chi connectivity index (χ1v) is 5.90. The van der Waals surface area contributed by atoms with E-state index in [1.165, 1.54) is 0 Å². The smallest absolute Gasteiger partial charge is 0.216 e. The average molecular weight is 271 g/mol. The van der Waals surface area contributed by atoms with Crippen LogP contribution in [0, 0.1) is 0 Å². The number of halogens is 1. The van der Waals surface area contributed by atoms with Crippen molar-refractivity contribution in [2.45, 2.75) is 31.2 Å². The number of nitrogens with two attached hydrogens (primary N) is 1. The fourth-order valence-corrected chi connectivity index (χ4v) is 2.00. The monoisotopic (exact) mass is 270 g/mol. The van der Waals surface area contributed by atoms with Crippen LogP contribution in [0.25, 0.3) is 0 Å². The van der Waals surface area contributed by atoms with Crippen molar-refractivity contribution in [3.63, 3.8) is 0 Å². The minimum atomic E-state index is 0.0906. The van der Waals surface area contributed by atoms with Crippen LogP contribution in [0.3, 0.4) is 0 Å². The molecule has 2 N–H and O–H groups in total. The van der Waals surface area contributed by atoms with E-state index < -0.39 is 0 Å². The van der Waals surface area contributed by atoms with Crippen molar-refractivity contribution >= 4 is 15.9 Å². The number of pyridine rings is 1. The summed E-state index contributed by atoms with van der Waals surface area (Å²) in [4.78, 5) is 4.21. The number of hydrogen-bond acceptors (Lipinski definition) is 3. The van der Waals surface area contributed by atoms with Crippen LogP contribution >= 0.6 is 15.9 Å². The van der Waals surface area contributed by atoms with E-state index in [2.05, 4.69) is 27.0 Å². The molecule has 0 saturated heterocycles. The van der Waals surface area contributed by atoms with E-state index >= 15 is 0 Å². The maximum absolute atomic E-state index is 6.05. The Labute approximate surface area is 98.2 Å². The summed E-state index contributed by atoms with van der Waals surface area (Å²) in [7, 11) is 1.65. The van der Waals surface area contributed by atoms with Crippen LogP contribution in [-0.4, -0.2) is 17.6 Å². The molecule has 82 valence electrons. The van der Waals surface area contributed by atoms with Gasteiger partial charge in [0.05, 0.1) is 7.11 Å². The minimum Gasteiger partial charge on any atom is -0.481 e. The fraction of sp³-hybridized carbons (Fsp3) is 0.545. The van der Waals surface area contributed by atoms with Crippen LogP contribution in [0.4, 0.5) is 0 Å². The summed E-state index contributed by atoms with van der Waals surface area (Å²) < 4.78 is 6.20. The van der Waals surface area contributed by atoms with E-state index in [0.717, 1.165) is 35.7 Å². The molecule has 2 rings (SSSR count). The maximum atomic E-state index is 6.05. The molecule has 1 aromatic rings. The SMILES string of the molecule is COc1ncc(Br)cc1CCC1(N)CC1. The molecule has 1 heterocycles. The van der Waals surface area contributed by atoms with Crippen molar-refractivity contribution in [1.29, 1.82) is 0 Å². The molecule has 0 aromatic carbocycles. The predicted molar refractivity (Wildman–Crippen MR) is 63.0 cm³/mol. The van der Waals surface area contributed by atoms with Gasteiger partial charge < -0.3 is 10.5 Å². The van der Waals surface area contributed by atoms with Crippen molar-refractivity contribution in [2.75, 3.05) is 7.11 Å². The number of ether oxygens (including phenoxy) is 1. The van der Waals surface area contributed by atoms with Crippen LogP contribution in [-0.2, 0) is 6.42 Å². The Hall–Kier alpha value is -0.610. The number of nitrogens with zero attached hydrogens (tertiary/aromatic N) is 1. The van der Waals surface area contributed by atoms with Gasteiger partial charge in [0.2, 0.25) is 5.88 Å². The maximum Gasteiger partial charge on any atom is 0.216 e. The second-order valence-electron chi connectivity index (χ2n) is 4.18. The number of aryl methyl sites for hydroxylation is 1. The van der Waals surface area contributed by atoms with Crippen molar-refractivity contribution < 1.29 is 4.74 Å². The molecule has 1 fully saturated rings. The van der Waals surface area contributed by atoms with Gasteiger partial charge in [0.1, 0.15) is 0 Å². The molecule has 3 nitrogen and oxygen atoms in total. The van der Waals surface area contributed by atoms with Gasteiger partial charge in [-0.2, -0.15) is 0 Å². The Morgan fingerprint density at radius 2 is 2.33 bits per heavy atom. The van der Waals surface area contributed by atoms with E-state index in [1.807, 2.05) is 0 Å². The first-order valence-electron chi connectivity index (χ1n) is 5.10. The Bertz CT molecular complexity index is 364. The molecular weight excluding hydrogens is 256 g/mol. The van der Waals surface area contributed by atoms with Gasteiger partial charge in [0.15, 0.2) is 0 Å². The second-order valence-corrected chi connectivity index (χ2v) is 5.10. The first-order chi connectivity index (χ1) is 7.13. The summed E-state index contributed by atoms with van der Waals surface area (Å²) in [6.07, 6.45) is 6.00. The quantitative estimate of drug-likeness (QED) is 0.913. The molecule has 0 spiro atoms. The van der Waals surface area contributed by atoms with Crippen molar-refractivity contribution in [2.24, 2.45) is 5.73 Å². The molecular formula is C11H15BrN2O. The summed E-state index contributed by atoms with van der Waals surface area (Å²) >= 11 is 3.41. The highest BCUT2D eigenvalue weighted by molar-refractivity contribution is 9.10. The standard InChI is InChI=1S/C11H15BrN2O/c1-15-10-8(6-9(12)7-14-10)2-3-11(13)4-5-11/h6-7H,2-5,13H2,1H3. The molecule has 1 aliphatic carbocycles. The van der Waals surface area contributed by atoms with Gasteiger partial charge in [-0.3, -0.25) is 0 Å². The number of aromatic nitrogens is 1. The number of methoxy groups -OCH3 is 1. The average Bonchev–Trinajstić information content (AvgIpc) is 2.95. The van der Waals surface area contributed by atoms with Crippen molar-refractivity contribution in [3.05, 3.63) is 22.3 Å². The molecule has 15 heavy (non-hydrogen) atoms. The zero-order valence-corrected chi connectivity index (χ0v) is 10.4. The molecule has 0 aliphatic heterocycles. The number of hydrogen-bond donors (Lipinski definition) is 1. The van der Waals surface area contributed by atoms with Crippen LogP contribution in [0.15, 0.2) is 16.7 Å². The lowest BCUT2D eigenvalue weighted by atomic mass is 10.1. The largest absolute Gasteiger partial charge is 0.481 e. The van der Waals surface area contributed by atoms with Gasteiger partial charge in [-0.15, -0.1) is 0 Å². The highest BCUT2D eigenvalue weighted by Crippen LogP contribution is 2.37. The van der Waals surface area contributed by atoms with E-state index in [9.17, 15) is 0 Å². The highest BCUT2D eigenvalue weighted by atomic mass is 79.9. The molecule has 1 saturated carbocycles. The molecule has 1 aliphatic rings. The lowest BCUT2D eigenvalue weighted by Gasteiger charge is -2.10. The Balaban J connectivity index is 2.08. The molecule has 0 amide bonds. The van der Waals surface area contributed by atoms with Crippen molar-refractivity contribution in [1.82, 2.24) is 4.98 Å². The normalized spacial score (nSPS) is 17.5. The molecule has 0 bridgehead atoms. The summed E-state index contributed by atoms with van der Waals surface area (Å²) in [5.74, 6) is 0.711. The fourth-order valence-electron chi connectivity index (χ4n) is 1.63. The van der Waals surface area contributed by atoms with Crippen LogP contribution < -0.4 is 10.5 Å². The molecule has 4 heteroatoms. The molecule has 0 unspecified atom stereocenters. The Morgan fingerprint density at radius 1 is 1.60 bits per heavy atom. The third kappa shape index (κ3) is 2.69. The highest BCUT2D eigenvalue weighted by Gasteiger charge is 2.37. The van der Waals surface area contributed by atoms with Gasteiger partial charge in [-0.1, -0.05) is 0 Å². The van der Waals surface area contributed by atoms with Crippen LogP contribution in [0.2, 0.25) is 0 Å². The third-order valence-electron chi connectivity index (χ3n) is 2.87.